The van der Waals surface area contributed by atoms with Crippen molar-refractivity contribution in [2.75, 3.05) is 13.2 Å². The van der Waals surface area contributed by atoms with Crippen molar-refractivity contribution in [3.8, 4) is 0 Å². The van der Waals surface area contributed by atoms with Crippen molar-refractivity contribution in [3.63, 3.8) is 0 Å². The summed E-state index contributed by atoms with van der Waals surface area (Å²) < 4.78 is 36.0. The molecule has 0 bridgehead atoms. The highest BCUT2D eigenvalue weighted by Gasteiger charge is 2.70. The van der Waals surface area contributed by atoms with E-state index in [2.05, 4.69) is 54.5 Å². The second kappa shape index (κ2) is 17.2. The number of rotatable bonds is 10. The van der Waals surface area contributed by atoms with E-state index in [0.717, 1.165) is 44.9 Å². The number of carbonyl (C=O) groups is 2. The van der Waals surface area contributed by atoms with Crippen molar-refractivity contribution < 1.29 is 89.1 Å². The number of hydrogen-bond donors (Lipinski definition) is 10. The molecule has 4 saturated carbocycles. The average Bonchev–Trinajstić information content (AvgIpc) is 3.51. The summed E-state index contributed by atoms with van der Waals surface area (Å²) >= 11 is 0. The Morgan fingerprint density at radius 3 is 1.83 bits per heavy atom. The number of ether oxygens (including phenoxy) is 6. The van der Waals surface area contributed by atoms with Gasteiger partial charge in [-0.25, -0.2) is 4.79 Å². The summed E-state index contributed by atoms with van der Waals surface area (Å²) in [6, 6.07) is 0. The highest BCUT2D eigenvalue weighted by atomic mass is 16.8. The number of carboxylic acids is 2. The maximum atomic E-state index is 13.1. The van der Waals surface area contributed by atoms with Gasteiger partial charge in [0.05, 0.1) is 24.7 Å². The molecule has 18 heteroatoms. The van der Waals surface area contributed by atoms with Crippen LogP contribution in [0.4, 0.5) is 0 Å². The molecule has 22 unspecified atom stereocenters. The van der Waals surface area contributed by atoms with Gasteiger partial charge in [0.1, 0.15) is 61.0 Å². The highest BCUT2D eigenvalue weighted by molar-refractivity contribution is 5.76. The van der Waals surface area contributed by atoms with E-state index in [1.165, 1.54) is 5.57 Å². The van der Waals surface area contributed by atoms with Gasteiger partial charge in [-0.3, -0.25) is 4.79 Å². The molecule has 0 aromatic carbocycles. The Hall–Kier alpha value is -1.88. The van der Waals surface area contributed by atoms with Gasteiger partial charge in [0, 0.05) is 0 Å². The first-order valence-electron chi connectivity index (χ1n) is 23.7. The smallest absolute Gasteiger partial charge is 0.335 e. The number of carboxylic acid groups (broad SMARTS) is 2. The molecule has 8 rings (SSSR count). The van der Waals surface area contributed by atoms with E-state index >= 15 is 0 Å². The fourth-order valence-corrected chi connectivity index (χ4v) is 14.9. The van der Waals surface area contributed by atoms with Crippen molar-refractivity contribution >= 4 is 11.9 Å². The molecule has 65 heavy (non-hydrogen) atoms. The molecule has 0 amide bonds. The van der Waals surface area contributed by atoms with Crippen LogP contribution in [0.2, 0.25) is 0 Å². The van der Waals surface area contributed by atoms with Crippen molar-refractivity contribution in [3.05, 3.63) is 11.6 Å². The van der Waals surface area contributed by atoms with Gasteiger partial charge in [0.2, 0.25) is 0 Å². The molecular weight excluding hydrogens is 852 g/mol. The summed E-state index contributed by atoms with van der Waals surface area (Å²) in [5, 5.41) is 106. The number of allylic oxidation sites excluding steroid dienone is 2. The fourth-order valence-electron chi connectivity index (χ4n) is 14.9. The van der Waals surface area contributed by atoms with E-state index in [1.54, 1.807) is 0 Å². The van der Waals surface area contributed by atoms with Crippen molar-refractivity contribution in [1.82, 2.24) is 0 Å². The summed E-state index contributed by atoms with van der Waals surface area (Å²) in [6.45, 7) is 14.5. The van der Waals surface area contributed by atoms with Gasteiger partial charge in [-0.05, 0) is 109 Å². The Balaban J connectivity index is 1.08. The van der Waals surface area contributed by atoms with Crippen LogP contribution in [0.3, 0.4) is 0 Å². The summed E-state index contributed by atoms with van der Waals surface area (Å²) in [4.78, 5) is 26.1. The predicted molar refractivity (Wildman–Crippen MR) is 225 cm³/mol. The van der Waals surface area contributed by atoms with Crippen LogP contribution in [0.25, 0.3) is 0 Å². The Morgan fingerprint density at radius 1 is 0.646 bits per heavy atom. The number of aliphatic hydroxyl groups excluding tert-OH is 8. The zero-order valence-corrected chi connectivity index (χ0v) is 38.7. The molecule has 0 radical (unpaired) electrons. The van der Waals surface area contributed by atoms with Crippen molar-refractivity contribution in [2.24, 2.45) is 50.2 Å². The molecule has 0 aromatic rings. The summed E-state index contributed by atoms with van der Waals surface area (Å²) in [5.41, 5.74) is -0.443. The van der Waals surface area contributed by atoms with Crippen LogP contribution in [0.5, 0.6) is 0 Å². The van der Waals surface area contributed by atoms with Crippen LogP contribution in [-0.2, 0) is 38.0 Å². The van der Waals surface area contributed by atoms with E-state index in [4.69, 9.17) is 28.4 Å². The third-order valence-electron chi connectivity index (χ3n) is 19.0. The topological polar surface area (TPSA) is 292 Å². The zero-order valence-electron chi connectivity index (χ0n) is 38.7. The van der Waals surface area contributed by atoms with Gasteiger partial charge >= 0.3 is 11.9 Å². The maximum absolute atomic E-state index is 13.1. The minimum absolute atomic E-state index is 0.0187. The molecule has 18 nitrogen and oxygen atoms in total. The normalized spacial score (nSPS) is 52.6. The van der Waals surface area contributed by atoms with Crippen LogP contribution >= 0.6 is 0 Å². The van der Waals surface area contributed by atoms with E-state index in [-0.39, 0.29) is 39.4 Å². The molecule has 370 valence electrons. The SMILES string of the molecule is CC1(C)CCC2(C(=O)O)CCC3(C)C(=CCC4C5(C)CCC(OC6OC(C(=O)O)C(OC7OC(CO)C(O)C7O)C(O)C6OC6OC(CO)C(O)C(O)C6O)C(C)(C)C5CCC43C)C2C1. The third kappa shape index (κ3) is 7.67. The Kier molecular flexibility index (Phi) is 13.1. The van der Waals surface area contributed by atoms with Crippen LogP contribution in [0, 0.1) is 50.2 Å². The van der Waals surface area contributed by atoms with E-state index < -0.39 is 128 Å². The minimum atomic E-state index is -1.98. The first kappa shape index (κ1) is 49.5. The summed E-state index contributed by atoms with van der Waals surface area (Å²) in [7, 11) is 0. The predicted octanol–water partition coefficient (Wildman–Crippen LogP) is 1.44. The van der Waals surface area contributed by atoms with E-state index in [1.807, 2.05) is 0 Å². The summed E-state index contributed by atoms with van der Waals surface area (Å²) in [5.74, 6) is -1.92. The molecule has 0 spiro atoms. The lowest BCUT2D eigenvalue weighted by Crippen LogP contribution is -2.68. The van der Waals surface area contributed by atoms with Crippen molar-refractivity contribution in [2.45, 2.75) is 205 Å². The van der Waals surface area contributed by atoms with Crippen molar-refractivity contribution in [1.29, 1.82) is 0 Å². The largest absolute Gasteiger partial charge is 0.481 e. The standard InChI is InChI=1S/C47H74O18/c1-42(2)14-16-47(41(58)59)17-15-45(6)21(22(47)18-42)8-9-26-44(5)12-11-27(43(3,4)25(44)10-13-46(26,45)7)62-40-35(64-39-32(54)30(52)28(50)23(19-48)60-39)33(55)34(36(65-40)37(56)57)63-38-31(53)29(51)24(20-49)61-38/h8,22-36,38-40,48-55H,9-20H2,1-7H3,(H,56,57)(H,58,59). The van der Waals surface area contributed by atoms with Gasteiger partial charge in [-0.2, -0.15) is 0 Å². The Bertz CT molecular complexity index is 1820. The number of aliphatic hydroxyl groups is 8. The van der Waals surface area contributed by atoms with Crippen LogP contribution in [0.15, 0.2) is 11.6 Å². The first-order chi connectivity index (χ1) is 30.3. The molecule has 5 aliphatic carbocycles. The quantitative estimate of drug-likeness (QED) is 0.110. The lowest BCUT2D eigenvalue weighted by atomic mass is 9.33. The summed E-state index contributed by atoms with van der Waals surface area (Å²) in [6.07, 6.45) is -14.7. The molecular formula is C47H74O18. The molecule has 10 N–H and O–H groups in total. The minimum Gasteiger partial charge on any atom is -0.481 e. The second-order valence-corrected chi connectivity index (χ2v) is 23.0. The monoisotopic (exact) mass is 926 g/mol. The third-order valence-corrected chi connectivity index (χ3v) is 19.0. The van der Waals surface area contributed by atoms with Gasteiger partial charge < -0.3 is 79.5 Å². The fraction of sp³-hybridized carbons (Fsp3) is 0.915. The molecule has 22 atom stereocenters. The van der Waals surface area contributed by atoms with Gasteiger partial charge in [-0.15, -0.1) is 0 Å². The molecule has 8 aliphatic rings. The van der Waals surface area contributed by atoms with Gasteiger partial charge in [0.25, 0.3) is 0 Å². The Morgan fingerprint density at radius 2 is 1.23 bits per heavy atom. The average molecular weight is 927 g/mol. The van der Waals surface area contributed by atoms with Crippen LogP contribution < -0.4 is 0 Å². The van der Waals surface area contributed by atoms with Crippen LogP contribution in [-0.4, -0.2) is 168 Å². The highest BCUT2D eigenvalue weighted by Crippen LogP contribution is 2.76. The Labute approximate surface area is 380 Å². The maximum Gasteiger partial charge on any atom is 0.335 e. The molecule has 3 aliphatic heterocycles. The number of aliphatic carboxylic acids is 2. The molecule has 3 heterocycles. The second-order valence-electron chi connectivity index (χ2n) is 23.0. The lowest BCUT2D eigenvalue weighted by Gasteiger charge is -2.71. The van der Waals surface area contributed by atoms with Gasteiger partial charge in [0.15, 0.2) is 25.0 Å². The van der Waals surface area contributed by atoms with Gasteiger partial charge in [-0.1, -0.05) is 60.1 Å². The number of fused-ring (bicyclic) bond motifs is 7. The molecule has 3 saturated heterocycles. The first-order valence-corrected chi connectivity index (χ1v) is 23.7. The zero-order chi connectivity index (χ0) is 47.6. The van der Waals surface area contributed by atoms with E-state index in [0.29, 0.717) is 19.3 Å². The lowest BCUT2D eigenvalue weighted by molar-refractivity contribution is -0.383. The number of hydrogen-bond acceptors (Lipinski definition) is 16. The van der Waals surface area contributed by atoms with Crippen LogP contribution in [0.1, 0.15) is 113 Å². The van der Waals surface area contributed by atoms with E-state index in [9.17, 15) is 60.7 Å². The molecule has 0 aromatic heterocycles. The molecule has 7 fully saturated rings.